The number of methoxy groups -OCH3 is 1. The molecule has 1 atom stereocenters. The standard InChI is InChI=1S/C15H15N3O3S/c1-21-13-6-4-5-12(11-13)14(8-9-16)18-22(19,20)15-7-2-3-10-17-15/h2-7,10-11,14,18H,8H2,1H3. The first kappa shape index (κ1) is 15.9. The van der Waals surface area contributed by atoms with Gasteiger partial charge in [-0.15, -0.1) is 0 Å². The molecule has 0 amide bonds. The van der Waals surface area contributed by atoms with E-state index in [9.17, 15) is 8.42 Å². The van der Waals surface area contributed by atoms with Gasteiger partial charge in [0.05, 0.1) is 25.6 Å². The molecule has 1 N–H and O–H groups in total. The molecule has 1 unspecified atom stereocenters. The molecular formula is C15H15N3O3S. The maximum atomic E-state index is 12.3. The second-order valence-corrected chi connectivity index (χ2v) is 6.14. The highest BCUT2D eigenvalue weighted by Gasteiger charge is 2.22. The molecule has 0 saturated carbocycles. The van der Waals surface area contributed by atoms with Crippen LogP contribution in [-0.4, -0.2) is 20.5 Å². The van der Waals surface area contributed by atoms with Gasteiger partial charge in [0.1, 0.15) is 5.75 Å². The summed E-state index contributed by atoms with van der Waals surface area (Å²) in [7, 11) is -2.28. The number of hydrogen-bond donors (Lipinski definition) is 1. The van der Waals surface area contributed by atoms with E-state index in [4.69, 9.17) is 10.00 Å². The molecule has 0 aliphatic carbocycles. The Hall–Kier alpha value is -2.43. The maximum absolute atomic E-state index is 12.3. The van der Waals surface area contributed by atoms with Gasteiger partial charge in [-0.25, -0.2) is 18.1 Å². The van der Waals surface area contributed by atoms with Crippen LogP contribution in [0.15, 0.2) is 53.7 Å². The zero-order valence-corrected chi connectivity index (χ0v) is 12.7. The van der Waals surface area contributed by atoms with Crippen molar-refractivity contribution in [2.75, 3.05) is 7.11 Å². The predicted octanol–water partition coefficient (Wildman–Crippen LogP) is 2.02. The van der Waals surface area contributed by atoms with Crippen LogP contribution < -0.4 is 9.46 Å². The number of aromatic nitrogens is 1. The molecule has 1 aromatic carbocycles. The van der Waals surface area contributed by atoms with E-state index < -0.39 is 16.1 Å². The van der Waals surface area contributed by atoms with Gasteiger partial charge in [0.25, 0.3) is 10.0 Å². The molecule has 6 nitrogen and oxygen atoms in total. The molecule has 0 radical (unpaired) electrons. The lowest BCUT2D eigenvalue weighted by Crippen LogP contribution is -2.29. The maximum Gasteiger partial charge on any atom is 0.258 e. The summed E-state index contributed by atoms with van der Waals surface area (Å²) in [5.74, 6) is 0.595. The minimum atomic E-state index is -3.80. The third-order valence-electron chi connectivity index (χ3n) is 3.00. The van der Waals surface area contributed by atoms with Gasteiger partial charge >= 0.3 is 0 Å². The van der Waals surface area contributed by atoms with Crippen molar-refractivity contribution in [3.8, 4) is 11.8 Å². The zero-order chi connectivity index (χ0) is 16.0. The number of nitrogens with zero attached hydrogens (tertiary/aromatic N) is 2. The monoisotopic (exact) mass is 317 g/mol. The third-order valence-corrected chi connectivity index (χ3v) is 4.39. The summed E-state index contributed by atoms with van der Waals surface area (Å²) in [6, 6.07) is 12.9. The molecule has 0 bridgehead atoms. The summed E-state index contributed by atoms with van der Waals surface area (Å²) in [6.07, 6.45) is 1.40. The number of ether oxygens (including phenoxy) is 1. The van der Waals surface area contributed by atoms with Gasteiger partial charge in [-0.05, 0) is 29.8 Å². The molecule has 0 aliphatic rings. The van der Waals surface area contributed by atoms with E-state index in [1.54, 1.807) is 36.4 Å². The lowest BCUT2D eigenvalue weighted by molar-refractivity contribution is 0.413. The Labute approximate surface area is 129 Å². The highest BCUT2D eigenvalue weighted by Crippen LogP contribution is 2.23. The highest BCUT2D eigenvalue weighted by atomic mass is 32.2. The largest absolute Gasteiger partial charge is 0.497 e. The first-order valence-electron chi connectivity index (χ1n) is 6.51. The van der Waals surface area contributed by atoms with E-state index in [-0.39, 0.29) is 11.4 Å². The van der Waals surface area contributed by atoms with Gasteiger partial charge in [0.2, 0.25) is 0 Å². The van der Waals surface area contributed by atoms with Crippen LogP contribution in [0.25, 0.3) is 0 Å². The van der Waals surface area contributed by atoms with Crippen LogP contribution in [-0.2, 0) is 10.0 Å². The van der Waals surface area contributed by atoms with Crippen molar-refractivity contribution in [2.24, 2.45) is 0 Å². The molecule has 0 fully saturated rings. The SMILES string of the molecule is COc1cccc(C(CC#N)NS(=O)(=O)c2ccccn2)c1. The van der Waals surface area contributed by atoms with Crippen molar-refractivity contribution < 1.29 is 13.2 Å². The molecule has 114 valence electrons. The Morgan fingerprint density at radius 2 is 2.14 bits per heavy atom. The molecule has 2 aromatic rings. The van der Waals surface area contributed by atoms with Crippen molar-refractivity contribution in [1.29, 1.82) is 5.26 Å². The summed E-state index contributed by atoms with van der Waals surface area (Å²) in [4.78, 5) is 3.83. The highest BCUT2D eigenvalue weighted by molar-refractivity contribution is 7.89. The second-order valence-electron chi connectivity index (χ2n) is 4.48. The third kappa shape index (κ3) is 3.81. The van der Waals surface area contributed by atoms with Gasteiger partial charge in [-0.3, -0.25) is 0 Å². The van der Waals surface area contributed by atoms with Crippen molar-refractivity contribution in [3.05, 3.63) is 54.2 Å². The summed E-state index contributed by atoms with van der Waals surface area (Å²) in [6.45, 7) is 0. The summed E-state index contributed by atoms with van der Waals surface area (Å²) in [5, 5.41) is 8.88. The van der Waals surface area contributed by atoms with Crippen LogP contribution in [0.3, 0.4) is 0 Å². The van der Waals surface area contributed by atoms with Crippen LogP contribution in [0.1, 0.15) is 18.0 Å². The van der Waals surface area contributed by atoms with E-state index in [0.717, 1.165) is 0 Å². The Bertz CT molecular complexity index is 770. The average molecular weight is 317 g/mol. The van der Waals surface area contributed by atoms with Gasteiger partial charge in [-0.2, -0.15) is 5.26 Å². The Balaban J connectivity index is 2.31. The number of sulfonamides is 1. The van der Waals surface area contributed by atoms with Crippen molar-refractivity contribution in [2.45, 2.75) is 17.5 Å². The first-order chi connectivity index (χ1) is 10.6. The van der Waals surface area contributed by atoms with Crippen molar-refractivity contribution in [1.82, 2.24) is 9.71 Å². The molecule has 0 aliphatic heterocycles. The number of hydrogen-bond acceptors (Lipinski definition) is 5. The molecule has 2 rings (SSSR count). The van der Waals surface area contributed by atoms with E-state index in [2.05, 4.69) is 9.71 Å². The summed E-state index contributed by atoms with van der Waals surface area (Å²) in [5.41, 5.74) is 0.653. The number of nitrogens with one attached hydrogen (secondary N) is 1. The van der Waals surface area contributed by atoms with Crippen LogP contribution >= 0.6 is 0 Å². The van der Waals surface area contributed by atoms with Crippen LogP contribution in [0.2, 0.25) is 0 Å². The lowest BCUT2D eigenvalue weighted by atomic mass is 10.1. The molecule has 0 saturated heterocycles. The predicted molar refractivity (Wildman–Crippen MR) is 80.5 cm³/mol. The summed E-state index contributed by atoms with van der Waals surface area (Å²) < 4.78 is 32.3. The van der Waals surface area contributed by atoms with Crippen LogP contribution in [0.5, 0.6) is 5.75 Å². The smallest absolute Gasteiger partial charge is 0.258 e. The van der Waals surface area contributed by atoms with Gasteiger partial charge in [-0.1, -0.05) is 18.2 Å². The lowest BCUT2D eigenvalue weighted by Gasteiger charge is -2.16. The Morgan fingerprint density at radius 3 is 2.77 bits per heavy atom. The quantitative estimate of drug-likeness (QED) is 0.880. The minimum Gasteiger partial charge on any atom is -0.497 e. The normalized spacial score (nSPS) is 12.4. The first-order valence-corrected chi connectivity index (χ1v) is 7.99. The minimum absolute atomic E-state index is 0.000763. The molecule has 22 heavy (non-hydrogen) atoms. The number of pyridine rings is 1. The topological polar surface area (TPSA) is 92.1 Å². The fourth-order valence-corrected chi connectivity index (χ4v) is 3.10. The Kier molecular flexibility index (Phi) is 5.09. The molecular weight excluding hydrogens is 302 g/mol. The van der Waals surface area contributed by atoms with Gasteiger partial charge in [0, 0.05) is 6.20 Å². The zero-order valence-electron chi connectivity index (χ0n) is 11.9. The van der Waals surface area contributed by atoms with E-state index in [1.165, 1.54) is 19.4 Å². The van der Waals surface area contributed by atoms with Gasteiger partial charge < -0.3 is 4.74 Å². The van der Waals surface area contributed by atoms with Gasteiger partial charge in [0.15, 0.2) is 5.03 Å². The molecule has 0 spiro atoms. The van der Waals surface area contributed by atoms with E-state index in [0.29, 0.717) is 11.3 Å². The Morgan fingerprint density at radius 1 is 1.32 bits per heavy atom. The van der Waals surface area contributed by atoms with Crippen LogP contribution in [0.4, 0.5) is 0 Å². The fourth-order valence-electron chi connectivity index (χ4n) is 1.93. The number of rotatable bonds is 6. The number of nitriles is 1. The molecule has 1 aromatic heterocycles. The average Bonchev–Trinajstić information content (AvgIpc) is 2.55. The fraction of sp³-hybridized carbons (Fsp3) is 0.200. The molecule has 7 heteroatoms. The van der Waals surface area contributed by atoms with E-state index >= 15 is 0 Å². The van der Waals surface area contributed by atoms with Crippen molar-refractivity contribution >= 4 is 10.0 Å². The van der Waals surface area contributed by atoms with Crippen molar-refractivity contribution in [3.63, 3.8) is 0 Å². The van der Waals surface area contributed by atoms with E-state index in [1.807, 2.05) is 6.07 Å². The second kappa shape index (κ2) is 7.02. The molecule has 1 heterocycles. The number of benzene rings is 1. The van der Waals surface area contributed by atoms with Crippen LogP contribution in [0, 0.1) is 11.3 Å². The summed E-state index contributed by atoms with van der Waals surface area (Å²) >= 11 is 0.